The molecule has 0 spiro atoms. The van der Waals surface area contributed by atoms with Crippen LogP contribution in [-0.2, 0) is 95.8 Å². The van der Waals surface area contributed by atoms with Crippen molar-refractivity contribution in [2.45, 2.75) is 214 Å². The molecule has 0 heterocycles. The third-order valence-corrected chi connectivity index (χ3v) is 12.9. The Morgan fingerprint density at radius 1 is 0.291 bits per heavy atom. The van der Waals surface area contributed by atoms with Gasteiger partial charge < -0.3 is 73.1 Å². The summed E-state index contributed by atoms with van der Waals surface area (Å²) in [5.74, 6) is 0. The van der Waals surface area contributed by atoms with Crippen LogP contribution in [-0.4, -0.2) is 98.2 Å². The molecule has 0 aliphatic carbocycles. The summed E-state index contributed by atoms with van der Waals surface area (Å²) in [6, 6.07) is 28.2. The van der Waals surface area contributed by atoms with E-state index in [0.29, 0.717) is 76.2 Å². The third kappa shape index (κ3) is 29.7. The van der Waals surface area contributed by atoms with E-state index in [9.17, 15) is 15.8 Å². The predicted octanol–water partition coefficient (Wildman–Crippen LogP) is 11.8. The second kappa shape index (κ2) is 51.4. The van der Waals surface area contributed by atoms with Crippen molar-refractivity contribution < 1.29 is 94.8 Å². The maximum Gasteiger partial charge on any atom is 3.00 e. The van der Waals surface area contributed by atoms with E-state index in [1.165, 1.54) is 0 Å². The minimum absolute atomic E-state index is 0. The molecule has 0 saturated heterocycles. The van der Waals surface area contributed by atoms with E-state index >= 15 is 0 Å². The summed E-state index contributed by atoms with van der Waals surface area (Å²) in [6.07, 6.45) is 14.9. The van der Waals surface area contributed by atoms with Gasteiger partial charge in [0, 0.05) is 59.5 Å². The van der Waals surface area contributed by atoms with E-state index in [0.717, 1.165) is 116 Å². The molecular formula is C63H105O15Ti. The van der Waals surface area contributed by atoms with Crippen molar-refractivity contribution in [1.29, 1.82) is 0 Å². The van der Waals surface area contributed by atoms with Crippen molar-refractivity contribution in [3.8, 4) is 0 Å². The minimum Gasteiger partial charge on any atom is -0.722 e. The van der Waals surface area contributed by atoms with Crippen LogP contribution < -0.4 is 15.8 Å². The van der Waals surface area contributed by atoms with Crippen LogP contribution in [0.3, 0.4) is 0 Å². The van der Waals surface area contributed by atoms with Crippen molar-refractivity contribution >= 4 is 0 Å². The maximum atomic E-state index is 12.0. The molecule has 0 bridgehead atoms. The fourth-order valence-electron chi connectivity index (χ4n) is 7.73. The fourth-order valence-corrected chi connectivity index (χ4v) is 7.73. The zero-order chi connectivity index (χ0) is 57.3. The van der Waals surface area contributed by atoms with Crippen molar-refractivity contribution in [2.75, 3.05) is 79.3 Å². The normalized spacial score (nSPS) is 13.7. The van der Waals surface area contributed by atoms with Crippen LogP contribution >= 0.6 is 0 Å². The Balaban J connectivity index is 0.00000115. The average Bonchev–Trinajstić information content (AvgIpc) is 3.49. The number of ether oxygens (including phenoxy) is 9. The van der Waals surface area contributed by atoms with E-state index in [2.05, 4.69) is 62.3 Å². The van der Waals surface area contributed by atoms with E-state index in [4.69, 9.17) is 57.3 Å². The first-order valence-electron chi connectivity index (χ1n) is 29.8. The van der Waals surface area contributed by atoms with Crippen LogP contribution in [0.2, 0.25) is 0 Å². The van der Waals surface area contributed by atoms with E-state index in [1.54, 1.807) is 0 Å². The van der Waals surface area contributed by atoms with Gasteiger partial charge in [-0.2, -0.15) is 0 Å². The van der Waals surface area contributed by atoms with Gasteiger partial charge in [0.1, 0.15) is 0 Å². The molecule has 0 aliphatic rings. The molecule has 0 amide bonds. The van der Waals surface area contributed by atoms with Crippen molar-refractivity contribution in [1.82, 2.24) is 0 Å². The van der Waals surface area contributed by atoms with E-state index in [-0.39, 0.29) is 41.5 Å². The topological polar surface area (TPSA) is 180 Å². The van der Waals surface area contributed by atoms with E-state index in [1.807, 2.05) is 91.0 Å². The van der Waals surface area contributed by atoms with Crippen LogP contribution in [0.15, 0.2) is 91.0 Å². The smallest absolute Gasteiger partial charge is 0.722 e. The summed E-state index contributed by atoms with van der Waals surface area (Å²) < 4.78 is 53.2. The Morgan fingerprint density at radius 2 is 0.468 bits per heavy atom. The standard InChI is InChI=1S/3C21H36O5.Ti/c3*1-4-7-15-23-18-21(26-22,19-13-11-10-12-14-19)20(24-16-8-5-2)25-17-9-6-3;/h3*10-14,20,22H,4-9,15-18H2,1-3H3;/q;;;+3/p-3. The summed E-state index contributed by atoms with van der Waals surface area (Å²) >= 11 is 0. The second-order valence-corrected chi connectivity index (χ2v) is 19.6. The molecule has 16 heteroatoms. The number of hydrogen-bond donors (Lipinski definition) is 0. The summed E-state index contributed by atoms with van der Waals surface area (Å²) in [5.41, 5.74) is -1.83. The Kier molecular flexibility index (Phi) is 50.0. The molecule has 451 valence electrons. The molecule has 79 heavy (non-hydrogen) atoms. The Hall–Kier alpha value is -2.23. The first-order chi connectivity index (χ1) is 38.2. The third-order valence-electron chi connectivity index (χ3n) is 12.9. The first kappa shape index (κ1) is 76.8. The predicted molar refractivity (Wildman–Crippen MR) is 301 cm³/mol. The van der Waals surface area contributed by atoms with Gasteiger partial charge in [0.15, 0.2) is 35.7 Å². The van der Waals surface area contributed by atoms with Gasteiger partial charge in [-0.05, 0) is 74.5 Å². The van der Waals surface area contributed by atoms with E-state index < -0.39 is 35.7 Å². The Labute approximate surface area is 493 Å². The first-order valence-corrected chi connectivity index (χ1v) is 29.8. The summed E-state index contributed by atoms with van der Waals surface area (Å²) in [4.78, 5) is 14.4. The SMILES string of the molecule is CCCCOCC(O[O-])(c1ccccc1)C(OCCCC)OCCCC.CCCCOCC(O[O-])(c1ccccc1)C(OCCCC)OCCCC.CCCCOCC(O[O-])(c1ccccc1)C(OCCCC)OCCCC.[Ti+3]. The molecule has 0 fully saturated rings. The molecule has 0 aliphatic heterocycles. The van der Waals surface area contributed by atoms with Crippen LogP contribution in [0, 0.1) is 0 Å². The van der Waals surface area contributed by atoms with Gasteiger partial charge in [-0.1, -0.05) is 211 Å². The maximum absolute atomic E-state index is 12.0. The zero-order valence-electron chi connectivity index (χ0n) is 50.2. The monoisotopic (exact) mass is 1150 g/mol. The number of unbranched alkanes of at least 4 members (excludes halogenated alkanes) is 9. The molecule has 15 nitrogen and oxygen atoms in total. The summed E-state index contributed by atoms with van der Waals surface area (Å²) in [7, 11) is 0. The largest absolute Gasteiger partial charge is 3.00 e. The average molecular weight is 1150 g/mol. The zero-order valence-corrected chi connectivity index (χ0v) is 51.8. The quantitative estimate of drug-likeness (QED) is 0.0171. The van der Waals surface area contributed by atoms with Crippen molar-refractivity contribution in [2.24, 2.45) is 0 Å². The molecule has 0 saturated carbocycles. The van der Waals surface area contributed by atoms with Gasteiger partial charge in [0.25, 0.3) is 0 Å². The number of hydrogen-bond acceptors (Lipinski definition) is 15. The second-order valence-electron chi connectivity index (χ2n) is 19.6. The summed E-state index contributed by atoms with van der Waals surface area (Å²) in [5, 5.41) is 35.9. The van der Waals surface area contributed by atoms with Gasteiger partial charge in [-0.25, -0.2) is 0 Å². The van der Waals surface area contributed by atoms with Crippen LogP contribution in [0.25, 0.3) is 0 Å². The molecule has 3 rings (SSSR count). The van der Waals surface area contributed by atoms with Gasteiger partial charge in [-0.3, -0.25) is 0 Å². The van der Waals surface area contributed by atoms with Crippen LogP contribution in [0.5, 0.6) is 0 Å². The summed E-state index contributed by atoms with van der Waals surface area (Å²) in [6.45, 7) is 24.0. The van der Waals surface area contributed by atoms with Crippen LogP contribution in [0.4, 0.5) is 0 Å². The van der Waals surface area contributed by atoms with Gasteiger partial charge in [0.05, 0.1) is 19.8 Å². The number of benzene rings is 3. The van der Waals surface area contributed by atoms with Crippen molar-refractivity contribution in [3.05, 3.63) is 108 Å². The molecule has 0 aromatic heterocycles. The Bertz CT molecular complexity index is 1490. The minimum atomic E-state index is -1.32. The van der Waals surface area contributed by atoms with Gasteiger partial charge >= 0.3 is 21.7 Å². The molecule has 3 atom stereocenters. The molecular weight excluding hydrogens is 1040 g/mol. The van der Waals surface area contributed by atoms with Gasteiger partial charge in [-0.15, -0.1) is 0 Å². The molecule has 3 unspecified atom stereocenters. The van der Waals surface area contributed by atoms with Crippen molar-refractivity contribution in [3.63, 3.8) is 0 Å². The molecule has 0 N–H and O–H groups in total. The van der Waals surface area contributed by atoms with Crippen LogP contribution in [0.1, 0.15) is 195 Å². The number of rotatable bonds is 48. The fraction of sp³-hybridized carbons (Fsp3) is 0.714. The molecule has 3 aromatic rings. The molecule has 3 aromatic carbocycles. The molecule has 1 radical (unpaired) electrons. The Morgan fingerprint density at radius 3 is 0.633 bits per heavy atom. The van der Waals surface area contributed by atoms with Gasteiger partial charge in [0.2, 0.25) is 0 Å².